The summed E-state index contributed by atoms with van der Waals surface area (Å²) in [5.41, 5.74) is 1.99. The molecular formula is C12H9O. The lowest BCUT2D eigenvalue weighted by Gasteiger charge is -2.00. The van der Waals surface area contributed by atoms with E-state index in [0.29, 0.717) is 0 Å². The predicted molar refractivity (Wildman–Crippen MR) is 52.4 cm³/mol. The Morgan fingerprint density at radius 3 is 2.62 bits per heavy atom. The van der Waals surface area contributed by atoms with E-state index in [0.717, 1.165) is 11.1 Å². The molecule has 0 amide bonds. The molecule has 0 unspecified atom stereocenters. The molecule has 1 N–H and O–H groups in total. The first kappa shape index (κ1) is 7.87. The maximum atomic E-state index is 9.26. The van der Waals surface area contributed by atoms with E-state index in [9.17, 15) is 5.11 Å². The third-order valence-corrected chi connectivity index (χ3v) is 1.87. The Labute approximate surface area is 77.3 Å². The van der Waals surface area contributed by atoms with Gasteiger partial charge in [0.1, 0.15) is 5.75 Å². The molecule has 13 heavy (non-hydrogen) atoms. The van der Waals surface area contributed by atoms with Crippen LogP contribution in [0.1, 0.15) is 0 Å². The Morgan fingerprint density at radius 2 is 1.92 bits per heavy atom. The van der Waals surface area contributed by atoms with E-state index in [1.807, 2.05) is 36.4 Å². The lowest BCUT2D eigenvalue weighted by Crippen LogP contribution is -1.75. The van der Waals surface area contributed by atoms with Gasteiger partial charge in [-0.3, -0.25) is 0 Å². The Balaban J connectivity index is 2.48. The van der Waals surface area contributed by atoms with Crippen LogP contribution in [-0.4, -0.2) is 5.11 Å². The molecule has 0 saturated carbocycles. The summed E-state index contributed by atoms with van der Waals surface area (Å²) in [6, 6.07) is 18.0. The molecule has 0 aromatic heterocycles. The predicted octanol–water partition coefficient (Wildman–Crippen LogP) is 2.86. The SMILES string of the molecule is Oc1cccc(-c2[c]cccc2)c1. The summed E-state index contributed by atoms with van der Waals surface area (Å²) in [6.45, 7) is 0. The van der Waals surface area contributed by atoms with Crippen LogP contribution in [0.25, 0.3) is 11.1 Å². The highest BCUT2D eigenvalue weighted by molar-refractivity contribution is 5.63. The van der Waals surface area contributed by atoms with Crippen molar-refractivity contribution in [3.8, 4) is 16.9 Å². The third-order valence-electron chi connectivity index (χ3n) is 1.87. The van der Waals surface area contributed by atoms with Gasteiger partial charge in [0.05, 0.1) is 0 Å². The highest BCUT2D eigenvalue weighted by Crippen LogP contribution is 2.21. The van der Waals surface area contributed by atoms with Crippen LogP contribution >= 0.6 is 0 Å². The van der Waals surface area contributed by atoms with Crippen molar-refractivity contribution in [2.24, 2.45) is 0 Å². The van der Waals surface area contributed by atoms with E-state index in [1.165, 1.54) is 0 Å². The zero-order chi connectivity index (χ0) is 9.10. The van der Waals surface area contributed by atoms with Crippen LogP contribution in [0.5, 0.6) is 5.75 Å². The largest absolute Gasteiger partial charge is 0.508 e. The van der Waals surface area contributed by atoms with Crippen molar-refractivity contribution in [2.75, 3.05) is 0 Å². The quantitative estimate of drug-likeness (QED) is 0.696. The molecule has 0 bridgehead atoms. The fourth-order valence-corrected chi connectivity index (χ4v) is 1.25. The number of hydrogen-bond donors (Lipinski definition) is 1. The minimum atomic E-state index is 0.287. The maximum absolute atomic E-state index is 9.26. The smallest absolute Gasteiger partial charge is 0.116 e. The molecule has 0 fully saturated rings. The van der Waals surface area contributed by atoms with Gasteiger partial charge in [-0.2, -0.15) is 0 Å². The van der Waals surface area contributed by atoms with Gasteiger partial charge in [-0.05, 0) is 29.3 Å². The molecule has 0 saturated heterocycles. The number of rotatable bonds is 1. The Morgan fingerprint density at radius 1 is 1.00 bits per heavy atom. The molecule has 63 valence electrons. The van der Waals surface area contributed by atoms with Crippen LogP contribution < -0.4 is 0 Å². The summed E-state index contributed by atoms with van der Waals surface area (Å²) in [5, 5.41) is 9.26. The van der Waals surface area contributed by atoms with Gasteiger partial charge in [0, 0.05) is 0 Å². The second kappa shape index (κ2) is 3.31. The number of aromatic hydroxyl groups is 1. The topological polar surface area (TPSA) is 20.2 Å². The van der Waals surface area contributed by atoms with Crippen molar-refractivity contribution >= 4 is 0 Å². The average molecular weight is 169 g/mol. The minimum Gasteiger partial charge on any atom is -0.508 e. The van der Waals surface area contributed by atoms with Crippen molar-refractivity contribution in [1.29, 1.82) is 0 Å². The molecule has 2 aromatic rings. The maximum Gasteiger partial charge on any atom is 0.116 e. The van der Waals surface area contributed by atoms with E-state index in [4.69, 9.17) is 0 Å². The van der Waals surface area contributed by atoms with Gasteiger partial charge in [0.2, 0.25) is 0 Å². The van der Waals surface area contributed by atoms with Gasteiger partial charge in [-0.1, -0.05) is 36.4 Å². The van der Waals surface area contributed by atoms with Crippen molar-refractivity contribution in [3.05, 3.63) is 54.6 Å². The van der Waals surface area contributed by atoms with Gasteiger partial charge in [-0.15, -0.1) is 0 Å². The van der Waals surface area contributed by atoms with E-state index >= 15 is 0 Å². The summed E-state index contributed by atoms with van der Waals surface area (Å²) in [4.78, 5) is 0. The molecule has 1 heteroatoms. The van der Waals surface area contributed by atoms with Crippen LogP contribution in [0.15, 0.2) is 48.5 Å². The fraction of sp³-hybridized carbons (Fsp3) is 0. The van der Waals surface area contributed by atoms with Crippen molar-refractivity contribution in [3.63, 3.8) is 0 Å². The molecular weight excluding hydrogens is 160 g/mol. The first-order valence-corrected chi connectivity index (χ1v) is 4.12. The molecule has 0 atom stereocenters. The van der Waals surface area contributed by atoms with Crippen LogP contribution in [-0.2, 0) is 0 Å². The molecule has 0 aliphatic carbocycles. The van der Waals surface area contributed by atoms with Crippen molar-refractivity contribution < 1.29 is 5.11 Å². The third kappa shape index (κ3) is 1.70. The zero-order valence-corrected chi connectivity index (χ0v) is 7.07. The lowest BCUT2D eigenvalue weighted by atomic mass is 10.1. The standard InChI is InChI=1S/C12H9O/c13-12-8-4-7-11(9-12)10-5-2-1-3-6-10/h1-5,7-9,13H. The van der Waals surface area contributed by atoms with Crippen molar-refractivity contribution in [1.82, 2.24) is 0 Å². The van der Waals surface area contributed by atoms with Gasteiger partial charge in [-0.25, -0.2) is 0 Å². The second-order valence-corrected chi connectivity index (χ2v) is 2.83. The number of benzene rings is 2. The zero-order valence-electron chi connectivity index (χ0n) is 7.07. The summed E-state index contributed by atoms with van der Waals surface area (Å²) < 4.78 is 0. The molecule has 0 aliphatic rings. The minimum absolute atomic E-state index is 0.287. The van der Waals surface area contributed by atoms with Gasteiger partial charge in [0.25, 0.3) is 0 Å². The Bertz CT molecular complexity index is 393. The molecule has 0 heterocycles. The highest BCUT2D eigenvalue weighted by atomic mass is 16.3. The van der Waals surface area contributed by atoms with Gasteiger partial charge >= 0.3 is 0 Å². The second-order valence-electron chi connectivity index (χ2n) is 2.83. The summed E-state index contributed by atoms with van der Waals surface area (Å²) >= 11 is 0. The first-order chi connectivity index (χ1) is 6.36. The number of hydrogen-bond acceptors (Lipinski definition) is 1. The Hall–Kier alpha value is -1.76. The molecule has 1 nitrogen and oxygen atoms in total. The average Bonchev–Trinajstić information content (AvgIpc) is 2.19. The van der Waals surface area contributed by atoms with Crippen LogP contribution in [0, 0.1) is 6.07 Å². The summed E-state index contributed by atoms with van der Waals surface area (Å²) in [7, 11) is 0. The number of phenolic OH excluding ortho intramolecular Hbond substituents is 1. The molecule has 0 aliphatic heterocycles. The summed E-state index contributed by atoms with van der Waals surface area (Å²) in [5.74, 6) is 0.287. The van der Waals surface area contributed by atoms with E-state index in [2.05, 4.69) is 6.07 Å². The normalized spacial score (nSPS) is 9.85. The van der Waals surface area contributed by atoms with Crippen LogP contribution in [0.2, 0.25) is 0 Å². The van der Waals surface area contributed by atoms with Gasteiger partial charge in [0.15, 0.2) is 0 Å². The summed E-state index contributed by atoms with van der Waals surface area (Å²) in [6.07, 6.45) is 0. The van der Waals surface area contributed by atoms with Crippen LogP contribution in [0.3, 0.4) is 0 Å². The Kier molecular flexibility index (Phi) is 2.01. The first-order valence-electron chi connectivity index (χ1n) is 4.12. The van der Waals surface area contributed by atoms with E-state index in [-0.39, 0.29) is 5.75 Å². The van der Waals surface area contributed by atoms with Crippen molar-refractivity contribution in [2.45, 2.75) is 0 Å². The van der Waals surface area contributed by atoms with Crippen LogP contribution in [0.4, 0.5) is 0 Å². The molecule has 2 rings (SSSR count). The lowest BCUT2D eigenvalue weighted by molar-refractivity contribution is 0.475. The number of phenols is 1. The van der Waals surface area contributed by atoms with E-state index < -0.39 is 0 Å². The molecule has 1 radical (unpaired) electrons. The fourth-order valence-electron chi connectivity index (χ4n) is 1.25. The highest BCUT2D eigenvalue weighted by Gasteiger charge is 1.96. The monoisotopic (exact) mass is 169 g/mol. The van der Waals surface area contributed by atoms with Gasteiger partial charge < -0.3 is 5.11 Å². The molecule has 2 aromatic carbocycles. The molecule has 0 spiro atoms. The van der Waals surface area contributed by atoms with E-state index in [1.54, 1.807) is 12.1 Å².